The van der Waals surface area contributed by atoms with E-state index in [1.54, 1.807) is 31.2 Å². The molecule has 2 nitrogen and oxygen atoms in total. The van der Waals surface area contributed by atoms with Gasteiger partial charge in [-0.1, -0.05) is 42.0 Å². The van der Waals surface area contributed by atoms with Gasteiger partial charge >= 0.3 is 0 Å². The second-order valence-electron chi connectivity index (χ2n) is 4.63. The van der Waals surface area contributed by atoms with Crippen molar-refractivity contribution in [3.63, 3.8) is 0 Å². The van der Waals surface area contributed by atoms with Crippen molar-refractivity contribution >= 4 is 0 Å². The van der Waals surface area contributed by atoms with E-state index >= 15 is 0 Å². The van der Waals surface area contributed by atoms with E-state index in [0.29, 0.717) is 5.56 Å². The number of hydrogen-bond acceptors (Lipinski definition) is 2. The summed E-state index contributed by atoms with van der Waals surface area (Å²) in [4.78, 5) is 0. The van der Waals surface area contributed by atoms with Crippen LogP contribution in [-0.2, 0) is 5.60 Å². The Morgan fingerprint density at radius 3 is 1.83 bits per heavy atom. The van der Waals surface area contributed by atoms with Gasteiger partial charge in [0.15, 0.2) is 0 Å². The van der Waals surface area contributed by atoms with Crippen molar-refractivity contribution in [3.05, 3.63) is 70.8 Å². The second-order valence-corrected chi connectivity index (χ2v) is 4.63. The van der Waals surface area contributed by atoms with Crippen molar-refractivity contribution in [2.45, 2.75) is 19.4 Å². The third-order valence-electron chi connectivity index (χ3n) is 3.19. The summed E-state index contributed by atoms with van der Waals surface area (Å²) in [6, 6.07) is 16.9. The Hall–Kier alpha value is -2.11. The Balaban J connectivity index is 2.40. The first kappa shape index (κ1) is 12.3. The van der Waals surface area contributed by atoms with Gasteiger partial charge in [0.25, 0.3) is 0 Å². The molecule has 0 aliphatic carbocycles. The molecule has 0 aliphatic heterocycles. The van der Waals surface area contributed by atoms with Gasteiger partial charge in [-0.2, -0.15) is 5.26 Å². The van der Waals surface area contributed by atoms with E-state index in [1.165, 1.54) is 0 Å². The summed E-state index contributed by atoms with van der Waals surface area (Å²) >= 11 is 0. The molecule has 0 saturated carbocycles. The van der Waals surface area contributed by atoms with Crippen LogP contribution in [0.3, 0.4) is 0 Å². The van der Waals surface area contributed by atoms with E-state index in [4.69, 9.17) is 5.26 Å². The van der Waals surface area contributed by atoms with Crippen molar-refractivity contribution in [3.8, 4) is 6.07 Å². The molecule has 2 aromatic rings. The van der Waals surface area contributed by atoms with Crippen molar-refractivity contribution in [1.29, 1.82) is 5.26 Å². The highest BCUT2D eigenvalue weighted by molar-refractivity contribution is 5.39. The predicted molar refractivity (Wildman–Crippen MR) is 71.0 cm³/mol. The number of aliphatic hydroxyl groups is 1. The number of hydrogen-bond donors (Lipinski definition) is 1. The van der Waals surface area contributed by atoms with Crippen molar-refractivity contribution < 1.29 is 5.11 Å². The minimum absolute atomic E-state index is 0.596. The van der Waals surface area contributed by atoms with Crippen LogP contribution < -0.4 is 0 Å². The van der Waals surface area contributed by atoms with Crippen molar-refractivity contribution in [2.24, 2.45) is 0 Å². The summed E-state index contributed by atoms with van der Waals surface area (Å²) in [5.74, 6) is 0. The van der Waals surface area contributed by atoms with Crippen molar-refractivity contribution in [2.75, 3.05) is 0 Å². The molecule has 0 unspecified atom stereocenters. The number of nitrogens with zero attached hydrogens (tertiary/aromatic N) is 1. The zero-order valence-corrected chi connectivity index (χ0v) is 10.5. The van der Waals surface area contributed by atoms with Crippen LogP contribution in [0.1, 0.15) is 29.2 Å². The average Bonchev–Trinajstić information content (AvgIpc) is 2.39. The molecular weight excluding hydrogens is 222 g/mol. The molecule has 2 rings (SSSR count). The molecule has 0 radical (unpaired) electrons. The third kappa shape index (κ3) is 2.27. The Bertz CT molecular complexity index is 574. The molecule has 0 aliphatic rings. The van der Waals surface area contributed by atoms with Crippen molar-refractivity contribution in [1.82, 2.24) is 0 Å². The minimum atomic E-state index is -1.04. The van der Waals surface area contributed by atoms with Gasteiger partial charge in [0.1, 0.15) is 5.60 Å². The average molecular weight is 237 g/mol. The monoisotopic (exact) mass is 237 g/mol. The molecular formula is C16H15NO. The molecule has 1 N–H and O–H groups in total. The smallest absolute Gasteiger partial charge is 0.112 e. The highest BCUT2D eigenvalue weighted by Crippen LogP contribution is 2.29. The Morgan fingerprint density at radius 2 is 1.39 bits per heavy atom. The van der Waals surface area contributed by atoms with Crippen LogP contribution in [0.2, 0.25) is 0 Å². The topological polar surface area (TPSA) is 44.0 Å². The summed E-state index contributed by atoms with van der Waals surface area (Å²) in [5, 5.41) is 19.4. The fourth-order valence-electron chi connectivity index (χ4n) is 1.91. The molecule has 0 bridgehead atoms. The van der Waals surface area contributed by atoms with Crippen LogP contribution in [0, 0.1) is 18.3 Å². The summed E-state index contributed by atoms with van der Waals surface area (Å²) in [6.45, 7) is 3.78. The van der Waals surface area contributed by atoms with Gasteiger partial charge in [-0.25, -0.2) is 0 Å². The molecule has 0 saturated heterocycles. The Kier molecular flexibility index (Phi) is 3.18. The van der Waals surface area contributed by atoms with Crippen LogP contribution in [0.25, 0.3) is 0 Å². The Morgan fingerprint density at radius 1 is 0.944 bits per heavy atom. The lowest BCUT2D eigenvalue weighted by Crippen LogP contribution is -2.22. The molecule has 0 spiro atoms. The van der Waals surface area contributed by atoms with Gasteiger partial charge in [0.05, 0.1) is 11.6 Å². The molecule has 0 fully saturated rings. The molecule has 90 valence electrons. The quantitative estimate of drug-likeness (QED) is 0.872. The zero-order chi connectivity index (χ0) is 13.2. The number of aryl methyl sites for hydroxylation is 1. The van der Waals surface area contributed by atoms with Gasteiger partial charge in [-0.3, -0.25) is 0 Å². The standard InChI is InChI=1S/C16H15NO/c1-12-3-7-14(8-4-12)16(2,18)15-9-5-13(11-17)6-10-15/h3-10,18H,1-2H3/t16-/m1/s1. The van der Waals surface area contributed by atoms with E-state index in [1.807, 2.05) is 31.2 Å². The Labute approximate surface area is 107 Å². The zero-order valence-electron chi connectivity index (χ0n) is 10.5. The maximum absolute atomic E-state index is 10.6. The largest absolute Gasteiger partial charge is 0.381 e. The summed E-state index contributed by atoms with van der Waals surface area (Å²) in [5.41, 5.74) is 2.35. The normalized spacial score (nSPS) is 13.7. The summed E-state index contributed by atoms with van der Waals surface area (Å²) in [6.07, 6.45) is 0. The van der Waals surface area contributed by atoms with Gasteiger partial charge in [-0.15, -0.1) is 0 Å². The number of nitriles is 1. The number of rotatable bonds is 2. The van der Waals surface area contributed by atoms with E-state index in [-0.39, 0.29) is 0 Å². The molecule has 0 aromatic heterocycles. The SMILES string of the molecule is Cc1ccc([C@@](C)(O)c2ccc(C#N)cc2)cc1. The molecule has 18 heavy (non-hydrogen) atoms. The lowest BCUT2D eigenvalue weighted by Gasteiger charge is -2.24. The van der Waals surface area contributed by atoms with Crippen LogP contribution in [0.4, 0.5) is 0 Å². The lowest BCUT2D eigenvalue weighted by molar-refractivity contribution is 0.102. The molecule has 0 amide bonds. The maximum atomic E-state index is 10.6. The van der Waals surface area contributed by atoms with Gasteiger partial charge < -0.3 is 5.11 Å². The fraction of sp³-hybridized carbons (Fsp3) is 0.188. The highest BCUT2D eigenvalue weighted by atomic mass is 16.3. The summed E-state index contributed by atoms with van der Waals surface area (Å²) < 4.78 is 0. The predicted octanol–water partition coefficient (Wildman–Crippen LogP) is 3.12. The van der Waals surface area contributed by atoms with Crippen LogP contribution >= 0.6 is 0 Å². The fourth-order valence-corrected chi connectivity index (χ4v) is 1.91. The van der Waals surface area contributed by atoms with E-state index < -0.39 is 5.60 Å². The van der Waals surface area contributed by atoms with Gasteiger partial charge in [0, 0.05) is 0 Å². The van der Waals surface area contributed by atoms with Gasteiger partial charge in [0.2, 0.25) is 0 Å². The van der Waals surface area contributed by atoms with Crippen LogP contribution in [0.15, 0.2) is 48.5 Å². The van der Waals surface area contributed by atoms with Crippen LogP contribution in [-0.4, -0.2) is 5.11 Å². The third-order valence-corrected chi connectivity index (χ3v) is 3.19. The molecule has 0 heterocycles. The molecule has 2 heteroatoms. The molecule has 1 atom stereocenters. The number of benzene rings is 2. The van der Waals surface area contributed by atoms with E-state index in [9.17, 15) is 5.11 Å². The lowest BCUT2D eigenvalue weighted by atomic mass is 9.87. The second kappa shape index (κ2) is 4.64. The first-order valence-corrected chi connectivity index (χ1v) is 5.84. The summed E-state index contributed by atoms with van der Waals surface area (Å²) in [7, 11) is 0. The maximum Gasteiger partial charge on any atom is 0.112 e. The van der Waals surface area contributed by atoms with E-state index in [0.717, 1.165) is 16.7 Å². The first-order valence-electron chi connectivity index (χ1n) is 5.84. The first-order chi connectivity index (χ1) is 8.54. The van der Waals surface area contributed by atoms with Gasteiger partial charge in [-0.05, 0) is 37.1 Å². The van der Waals surface area contributed by atoms with Crippen LogP contribution in [0.5, 0.6) is 0 Å². The highest BCUT2D eigenvalue weighted by Gasteiger charge is 2.25. The molecule has 2 aromatic carbocycles. The minimum Gasteiger partial charge on any atom is -0.381 e. The van der Waals surface area contributed by atoms with E-state index in [2.05, 4.69) is 6.07 Å².